The second kappa shape index (κ2) is 8.05. The summed E-state index contributed by atoms with van der Waals surface area (Å²) in [6.45, 7) is 10.5. The highest BCUT2D eigenvalue weighted by Gasteiger charge is 2.22. The summed E-state index contributed by atoms with van der Waals surface area (Å²) < 4.78 is 6.94. The molecule has 0 aliphatic rings. The van der Waals surface area contributed by atoms with Crippen molar-refractivity contribution in [2.75, 3.05) is 11.0 Å². The van der Waals surface area contributed by atoms with E-state index in [2.05, 4.69) is 57.7 Å². The molecule has 17 heavy (non-hydrogen) atoms. The molecule has 0 aromatic rings. The first kappa shape index (κ1) is 17.8. The molecule has 0 aliphatic carbocycles. The second-order valence-electron chi connectivity index (χ2n) is 5.70. The van der Waals surface area contributed by atoms with Gasteiger partial charge in [-0.15, -0.1) is 0 Å². The third-order valence-corrected chi connectivity index (χ3v) is 3.81. The molecule has 0 fully saturated rings. The molecule has 2 radical (unpaired) electrons. The van der Waals surface area contributed by atoms with Crippen molar-refractivity contribution in [1.29, 1.82) is 0 Å². The van der Waals surface area contributed by atoms with E-state index < -0.39 is 5.60 Å². The van der Waals surface area contributed by atoms with E-state index in [0.29, 0.717) is 18.8 Å². The van der Waals surface area contributed by atoms with Crippen LogP contribution in [0.25, 0.3) is 0 Å². The lowest BCUT2D eigenvalue weighted by molar-refractivity contribution is -0.00669. The highest BCUT2D eigenvalue weighted by molar-refractivity contribution is 14.1. The first-order valence-corrected chi connectivity index (χ1v) is 7.84. The van der Waals surface area contributed by atoms with Gasteiger partial charge in [-0.3, -0.25) is 0 Å². The zero-order valence-electron chi connectivity index (χ0n) is 11.8. The van der Waals surface area contributed by atoms with Gasteiger partial charge in [0.15, 0.2) is 0 Å². The fraction of sp³-hybridized carbons (Fsp3) is 1.00. The molecule has 0 saturated carbocycles. The summed E-state index contributed by atoms with van der Waals surface area (Å²) >= 11 is 2.42. The summed E-state index contributed by atoms with van der Waals surface area (Å²) in [7, 11) is 4.39. The van der Waals surface area contributed by atoms with Crippen LogP contribution in [0.4, 0.5) is 0 Å². The first-order chi connectivity index (χ1) is 7.70. The number of rotatable bonds is 9. The minimum atomic E-state index is -0.645. The summed E-state index contributed by atoms with van der Waals surface area (Å²) in [5.41, 5.74) is -0.890. The lowest BCUT2D eigenvalue weighted by Crippen LogP contribution is -2.38. The van der Waals surface area contributed by atoms with Gasteiger partial charge in [0, 0.05) is 12.1 Å². The van der Waals surface area contributed by atoms with Gasteiger partial charge in [-0.25, -0.2) is 0 Å². The van der Waals surface area contributed by atoms with Crippen LogP contribution in [0.3, 0.4) is 0 Å². The van der Waals surface area contributed by atoms with Gasteiger partial charge in [-0.2, -0.15) is 0 Å². The number of alkyl halides is 1. The number of ether oxygens (including phenoxy) is 1. The standard InChI is InChI=1S/C12H25B2IO2/c1-6-10(9-15)13-14-12(4,5)17-8-7-11(2,3)16/h10,16H,6-9H2,1-5H3. The molecule has 1 atom stereocenters. The molecule has 5 heteroatoms. The predicted molar refractivity (Wildman–Crippen MR) is 85.4 cm³/mol. The fourth-order valence-electron chi connectivity index (χ4n) is 1.28. The van der Waals surface area contributed by atoms with Crippen LogP contribution in [-0.4, -0.2) is 41.6 Å². The van der Waals surface area contributed by atoms with Crippen LogP contribution in [0.1, 0.15) is 47.5 Å². The molecule has 1 unspecified atom stereocenters. The average molecular weight is 350 g/mol. The lowest BCUT2D eigenvalue weighted by atomic mass is 9.28. The summed E-state index contributed by atoms with van der Waals surface area (Å²) in [5, 5.41) is 9.61. The minimum Gasteiger partial charge on any atom is -0.390 e. The predicted octanol–water partition coefficient (Wildman–Crippen LogP) is 2.86. The van der Waals surface area contributed by atoms with E-state index >= 15 is 0 Å². The Labute approximate surface area is 122 Å². The summed E-state index contributed by atoms with van der Waals surface area (Å²) in [5.74, 6) is 0.632. The van der Waals surface area contributed by atoms with Gasteiger partial charge in [0.2, 0.25) is 0 Å². The molecular formula is C12H25B2IO2. The number of hydrogen-bond acceptors (Lipinski definition) is 2. The van der Waals surface area contributed by atoms with Crippen LogP contribution < -0.4 is 0 Å². The fourth-order valence-corrected chi connectivity index (χ4v) is 2.19. The highest BCUT2D eigenvalue weighted by atomic mass is 127. The Kier molecular flexibility index (Phi) is 8.42. The Morgan fingerprint density at radius 3 is 2.29 bits per heavy atom. The topological polar surface area (TPSA) is 29.5 Å². The number of hydrogen-bond donors (Lipinski definition) is 1. The SMILES string of the molecule is CCC([B][B]C(C)(C)OCCC(C)(C)O)CI. The molecule has 0 rings (SSSR count). The second-order valence-corrected chi connectivity index (χ2v) is 6.58. The number of aliphatic hydroxyl groups is 1. The zero-order valence-corrected chi connectivity index (χ0v) is 14.0. The molecular weight excluding hydrogens is 325 g/mol. The van der Waals surface area contributed by atoms with Crippen LogP contribution in [0.15, 0.2) is 0 Å². The van der Waals surface area contributed by atoms with Gasteiger partial charge in [0.1, 0.15) is 7.17 Å². The summed E-state index contributed by atoms with van der Waals surface area (Å²) in [6.07, 6.45) is 1.83. The number of halogens is 1. The monoisotopic (exact) mass is 350 g/mol. The van der Waals surface area contributed by atoms with Gasteiger partial charge >= 0.3 is 0 Å². The normalized spacial score (nSPS) is 14.5. The van der Waals surface area contributed by atoms with E-state index in [9.17, 15) is 5.11 Å². The van der Waals surface area contributed by atoms with Gasteiger partial charge in [-0.1, -0.05) is 41.8 Å². The van der Waals surface area contributed by atoms with Crippen LogP contribution in [0.2, 0.25) is 5.82 Å². The molecule has 0 aromatic heterocycles. The van der Waals surface area contributed by atoms with Gasteiger partial charge < -0.3 is 9.84 Å². The molecule has 0 bridgehead atoms. The molecule has 0 spiro atoms. The minimum absolute atomic E-state index is 0.246. The molecule has 0 aromatic carbocycles. The van der Waals surface area contributed by atoms with E-state index in [1.165, 1.54) is 6.42 Å². The van der Waals surface area contributed by atoms with Crippen LogP contribution in [0.5, 0.6) is 0 Å². The quantitative estimate of drug-likeness (QED) is 0.394. The maximum atomic E-state index is 9.61. The highest BCUT2D eigenvalue weighted by Crippen LogP contribution is 2.16. The first-order valence-electron chi connectivity index (χ1n) is 6.32. The Morgan fingerprint density at radius 2 is 1.88 bits per heavy atom. The van der Waals surface area contributed by atoms with Crippen LogP contribution in [0, 0.1) is 0 Å². The zero-order chi connectivity index (χ0) is 13.5. The Morgan fingerprint density at radius 1 is 1.29 bits per heavy atom. The van der Waals surface area contributed by atoms with E-state index in [-0.39, 0.29) is 5.50 Å². The molecule has 0 heterocycles. The molecule has 2 nitrogen and oxygen atoms in total. The Hall–Kier alpha value is 0.780. The van der Waals surface area contributed by atoms with Crippen molar-refractivity contribution in [3.05, 3.63) is 0 Å². The molecule has 0 amide bonds. The van der Waals surface area contributed by atoms with Gasteiger partial charge in [-0.05, 0) is 38.5 Å². The molecule has 1 N–H and O–H groups in total. The van der Waals surface area contributed by atoms with E-state index in [1.807, 2.05) is 13.8 Å². The van der Waals surface area contributed by atoms with Crippen molar-refractivity contribution in [2.45, 2.75) is 64.4 Å². The maximum absolute atomic E-state index is 9.61. The third kappa shape index (κ3) is 10.4. The average Bonchev–Trinajstić information content (AvgIpc) is 2.16. The summed E-state index contributed by atoms with van der Waals surface area (Å²) in [6, 6.07) is 0. The molecule has 0 saturated heterocycles. The van der Waals surface area contributed by atoms with E-state index in [0.717, 1.165) is 4.43 Å². The van der Waals surface area contributed by atoms with Crippen molar-refractivity contribution in [3.8, 4) is 0 Å². The largest absolute Gasteiger partial charge is 0.390 e. The third-order valence-electron chi connectivity index (χ3n) is 2.68. The van der Waals surface area contributed by atoms with Crippen molar-refractivity contribution in [2.24, 2.45) is 0 Å². The lowest BCUT2D eigenvalue weighted by Gasteiger charge is -2.28. The van der Waals surface area contributed by atoms with Gasteiger partial charge in [0.25, 0.3) is 0 Å². The van der Waals surface area contributed by atoms with E-state index in [4.69, 9.17) is 4.74 Å². The van der Waals surface area contributed by atoms with Crippen molar-refractivity contribution in [1.82, 2.24) is 0 Å². The van der Waals surface area contributed by atoms with Crippen molar-refractivity contribution < 1.29 is 9.84 Å². The Balaban J connectivity index is 3.87. The van der Waals surface area contributed by atoms with Crippen LogP contribution >= 0.6 is 22.6 Å². The van der Waals surface area contributed by atoms with Crippen molar-refractivity contribution >= 4 is 36.9 Å². The smallest absolute Gasteiger partial charge is 0.109 e. The van der Waals surface area contributed by atoms with Gasteiger partial charge in [0.05, 0.1) is 12.8 Å². The van der Waals surface area contributed by atoms with Crippen molar-refractivity contribution in [3.63, 3.8) is 0 Å². The molecule has 0 aliphatic heterocycles. The molecule has 98 valence electrons. The van der Waals surface area contributed by atoms with Crippen LogP contribution in [-0.2, 0) is 4.74 Å². The van der Waals surface area contributed by atoms with E-state index in [1.54, 1.807) is 0 Å². The Bertz CT molecular complexity index is 201. The maximum Gasteiger partial charge on any atom is 0.109 e. The summed E-state index contributed by atoms with van der Waals surface area (Å²) in [4.78, 5) is 0.